The number of halogens is 1. The largest absolute Gasteiger partial charge is 0.384 e. The van der Waals surface area contributed by atoms with Crippen molar-refractivity contribution in [3.05, 3.63) is 35.6 Å². The van der Waals surface area contributed by atoms with Crippen molar-refractivity contribution in [2.75, 3.05) is 5.73 Å². The summed E-state index contributed by atoms with van der Waals surface area (Å²) in [5.74, 6) is 0.173. The Kier molecular flexibility index (Phi) is 1.65. The van der Waals surface area contributed by atoms with Gasteiger partial charge in [0.15, 0.2) is 0 Å². The van der Waals surface area contributed by atoms with Crippen LogP contribution in [-0.2, 0) is 0 Å². The summed E-state index contributed by atoms with van der Waals surface area (Å²) >= 11 is 0. The first-order chi connectivity index (χ1) is 6.18. The van der Waals surface area contributed by atoms with E-state index in [0.29, 0.717) is 16.9 Å². The monoisotopic (exact) mass is 176 g/mol. The van der Waals surface area contributed by atoms with Crippen LogP contribution < -0.4 is 5.73 Å². The molecule has 13 heavy (non-hydrogen) atoms. The topological polar surface area (TPSA) is 38.9 Å². The molecule has 66 valence electrons. The third-order valence-electron chi connectivity index (χ3n) is 2.07. The lowest BCUT2D eigenvalue weighted by Gasteiger charge is -2.02. The van der Waals surface area contributed by atoms with Gasteiger partial charge in [0.05, 0.1) is 5.52 Å². The predicted octanol–water partition coefficient (Wildman–Crippen LogP) is 2.26. The highest BCUT2D eigenvalue weighted by atomic mass is 19.1. The lowest BCUT2D eigenvalue weighted by molar-refractivity contribution is 0.620. The van der Waals surface area contributed by atoms with E-state index in [1.165, 1.54) is 6.07 Å². The number of aryl methyl sites for hydroxylation is 1. The summed E-state index contributed by atoms with van der Waals surface area (Å²) in [6.45, 7) is 1.70. The maximum absolute atomic E-state index is 13.1. The Morgan fingerprint density at radius 1 is 1.23 bits per heavy atom. The number of rotatable bonds is 0. The van der Waals surface area contributed by atoms with E-state index in [1.807, 2.05) is 6.07 Å². The van der Waals surface area contributed by atoms with Gasteiger partial charge in [-0.15, -0.1) is 0 Å². The van der Waals surface area contributed by atoms with Gasteiger partial charge in [-0.25, -0.2) is 9.37 Å². The molecule has 1 aromatic heterocycles. The van der Waals surface area contributed by atoms with Crippen LogP contribution in [0.25, 0.3) is 10.9 Å². The molecule has 0 aliphatic rings. The summed E-state index contributed by atoms with van der Waals surface area (Å²) in [7, 11) is 0. The first-order valence-corrected chi connectivity index (χ1v) is 4.00. The van der Waals surface area contributed by atoms with Gasteiger partial charge in [-0.05, 0) is 31.2 Å². The van der Waals surface area contributed by atoms with Gasteiger partial charge < -0.3 is 5.73 Å². The SMILES string of the molecule is Cc1c(F)ccc2ccc(N)nc12. The molecule has 1 aromatic carbocycles. The van der Waals surface area contributed by atoms with E-state index < -0.39 is 0 Å². The van der Waals surface area contributed by atoms with Crippen molar-refractivity contribution in [3.63, 3.8) is 0 Å². The molecule has 0 aliphatic carbocycles. The minimum Gasteiger partial charge on any atom is -0.384 e. The van der Waals surface area contributed by atoms with Crippen molar-refractivity contribution in [3.8, 4) is 0 Å². The summed E-state index contributed by atoms with van der Waals surface area (Å²) in [4.78, 5) is 4.07. The highest BCUT2D eigenvalue weighted by molar-refractivity contribution is 5.83. The van der Waals surface area contributed by atoms with E-state index in [9.17, 15) is 4.39 Å². The van der Waals surface area contributed by atoms with Gasteiger partial charge in [-0.3, -0.25) is 0 Å². The summed E-state index contributed by atoms with van der Waals surface area (Å²) in [5, 5.41) is 0.910. The molecule has 0 unspecified atom stereocenters. The Hall–Kier alpha value is -1.64. The third kappa shape index (κ3) is 1.22. The van der Waals surface area contributed by atoms with Crippen molar-refractivity contribution >= 4 is 16.7 Å². The number of aromatic nitrogens is 1. The number of nitrogen functional groups attached to an aromatic ring is 1. The van der Waals surface area contributed by atoms with Crippen molar-refractivity contribution in [1.29, 1.82) is 0 Å². The van der Waals surface area contributed by atoms with Crippen LogP contribution in [0, 0.1) is 12.7 Å². The molecule has 1 heterocycles. The molecule has 0 saturated heterocycles. The lowest BCUT2D eigenvalue weighted by Crippen LogP contribution is -1.93. The molecular weight excluding hydrogens is 167 g/mol. The third-order valence-corrected chi connectivity index (χ3v) is 2.07. The van der Waals surface area contributed by atoms with Gasteiger partial charge in [0, 0.05) is 10.9 Å². The van der Waals surface area contributed by atoms with Crippen molar-refractivity contribution < 1.29 is 4.39 Å². The normalized spacial score (nSPS) is 10.6. The lowest BCUT2D eigenvalue weighted by atomic mass is 10.1. The molecule has 0 spiro atoms. The number of fused-ring (bicyclic) bond motifs is 1. The minimum absolute atomic E-state index is 0.245. The van der Waals surface area contributed by atoms with E-state index in [4.69, 9.17) is 5.73 Å². The number of benzene rings is 1. The van der Waals surface area contributed by atoms with Crippen LogP contribution in [0.15, 0.2) is 24.3 Å². The number of anilines is 1. The number of hydrogen-bond donors (Lipinski definition) is 1. The Bertz CT molecular complexity index is 460. The molecule has 0 radical (unpaired) electrons. The Morgan fingerprint density at radius 3 is 2.69 bits per heavy atom. The molecule has 2 rings (SSSR count). The molecule has 0 saturated carbocycles. The van der Waals surface area contributed by atoms with Gasteiger partial charge in [0.25, 0.3) is 0 Å². The van der Waals surface area contributed by atoms with Crippen LogP contribution in [0.3, 0.4) is 0 Å². The molecule has 0 fully saturated rings. The molecule has 3 heteroatoms. The molecule has 0 amide bonds. The molecule has 0 atom stereocenters. The number of nitrogens with two attached hydrogens (primary N) is 1. The molecule has 2 nitrogen and oxygen atoms in total. The molecular formula is C10H9FN2. The van der Waals surface area contributed by atoms with Crippen LogP contribution in [0.2, 0.25) is 0 Å². The Morgan fingerprint density at radius 2 is 1.92 bits per heavy atom. The van der Waals surface area contributed by atoms with Crippen LogP contribution in [-0.4, -0.2) is 4.98 Å². The highest BCUT2D eigenvalue weighted by Gasteiger charge is 2.03. The van der Waals surface area contributed by atoms with Crippen molar-refractivity contribution in [2.45, 2.75) is 6.92 Å². The van der Waals surface area contributed by atoms with E-state index in [0.717, 1.165) is 5.39 Å². The maximum atomic E-state index is 13.1. The van der Waals surface area contributed by atoms with Gasteiger partial charge >= 0.3 is 0 Å². The summed E-state index contributed by atoms with van der Waals surface area (Å²) < 4.78 is 13.1. The fourth-order valence-electron chi connectivity index (χ4n) is 1.32. The highest BCUT2D eigenvalue weighted by Crippen LogP contribution is 2.19. The van der Waals surface area contributed by atoms with Gasteiger partial charge in [0.1, 0.15) is 11.6 Å². The van der Waals surface area contributed by atoms with Crippen LogP contribution in [0.1, 0.15) is 5.56 Å². The minimum atomic E-state index is -0.245. The second-order valence-electron chi connectivity index (χ2n) is 2.98. The molecule has 2 aromatic rings. The van der Waals surface area contributed by atoms with Gasteiger partial charge in [-0.2, -0.15) is 0 Å². The standard InChI is InChI=1S/C10H9FN2/c1-6-8(11)4-2-7-3-5-9(12)13-10(6)7/h2-5H,1H3,(H2,12,13). The zero-order chi connectivity index (χ0) is 9.42. The number of pyridine rings is 1. The van der Waals surface area contributed by atoms with Crippen LogP contribution in [0.4, 0.5) is 10.2 Å². The summed E-state index contributed by atoms with van der Waals surface area (Å²) in [6, 6.07) is 6.68. The van der Waals surface area contributed by atoms with E-state index in [-0.39, 0.29) is 5.82 Å². The number of nitrogens with zero attached hydrogens (tertiary/aromatic N) is 1. The first kappa shape index (κ1) is 7.98. The fourth-order valence-corrected chi connectivity index (χ4v) is 1.32. The number of hydrogen-bond acceptors (Lipinski definition) is 2. The maximum Gasteiger partial charge on any atom is 0.128 e. The fraction of sp³-hybridized carbons (Fsp3) is 0.100. The van der Waals surface area contributed by atoms with Crippen molar-refractivity contribution in [2.24, 2.45) is 0 Å². The average molecular weight is 176 g/mol. The quantitative estimate of drug-likeness (QED) is 0.668. The van der Waals surface area contributed by atoms with E-state index in [1.54, 1.807) is 19.1 Å². The zero-order valence-corrected chi connectivity index (χ0v) is 7.21. The Balaban J connectivity index is 2.89. The summed E-state index contributed by atoms with van der Waals surface area (Å²) in [6.07, 6.45) is 0. The second kappa shape index (κ2) is 2.69. The van der Waals surface area contributed by atoms with E-state index in [2.05, 4.69) is 4.98 Å². The van der Waals surface area contributed by atoms with E-state index >= 15 is 0 Å². The smallest absolute Gasteiger partial charge is 0.128 e. The summed E-state index contributed by atoms with van der Waals surface area (Å²) in [5.41, 5.74) is 6.69. The molecule has 0 bridgehead atoms. The van der Waals surface area contributed by atoms with Crippen LogP contribution in [0.5, 0.6) is 0 Å². The predicted molar refractivity (Wildman–Crippen MR) is 50.9 cm³/mol. The van der Waals surface area contributed by atoms with Gasteiger partial charge in [0.2, 0.25) is 0 Å². The average Bonchev–Trinajstić information content (AvgIpc) is 2.12. The second-order valence-corrected chi connectivity index (χ2v) is 2.98. The Labute approximate surface area is 75.2 Å². The first-order valence-electron chi connectivity index (χ1n) is 4.00. The van der Waals surface area contributed by atoms with Crippen molar-refractivity contribution in [1.82, 2.24) is 4.98 Å². The molecule has 0 aliphatic heterocycles. The molecule has 2 N–H and O–H groups in total. The zero-order valence-electron chi connectivity index (χ0n) is 7.21. The van der Waals surface area contributed by atoms with Crippen LogP contribution >= 0.6 is 0 Å². The van der Waals surface area contributed by atoms with Gasteiger partial charge in [-0.1, -0.05) is 0 Å².